The summed E-state index contributed by atoms with van der Waals surface area (Å²) >= 11 is 0. The third-order valence-corrected chi connectivity index (χ3v) is 7.44. The largest absolute Gasteiger partial charge is 0.494 e. The fourth-order valence-electron chi connectivity index (χ4n) is 4.76. The number of aryl methyl sites for hydroxylation is 1. The second-order valence-corrected chi connectivity index (χ2v) is 11.2. The van der Waals surface area contributed by atoms with Crippen LogP contribution < -0.4 is 14.2 Å². The molecule has 0 atom stereocenters. The van der Waals surface area contributed by atoms with E-state index in [4.69, 9.17) is 24.4 Å². The summed E-state index contributed by atoms with van der Waals surface area (Å²) in [6.07, 6.45) is 5.94. The molecular formula is C38H39NO7. The topological polar surface area (TPSA) is 112 Å². The third kappa shape index (κ3) is 9.14. The summed E-state index contributed by atoms with van der Waals surface area (Å²) in [5.41, 5.74) is 2.87. The first-order valence-corrected chi connectivity index (χ1v) is 15.3. The molecule has 0 unspecified atom stereocenters. The summed E-state index contributed by atoms with van der Waals surface area (Å²) < 4.78 is 22.1. The minimum atomic E-state index is -0.567. The third-order valence-electron chi connectivity index (χ3n) is 7.44. The number of benzene rings is 4. The lowest BCUT2D eigenvalue weighted by Gasteiger charge is -2.12. The molecule has 0 amide bonds. The Morgan fingerprint density at radius 1 is 0.761 bits per heavy atom. The van der Waals surface area contributed by atoms with Gasteiger partial charge in [-0.2, -0.15) is 0 Å². The zero-order valence-electron chi connectivity index (χ0n) is 26.5. The van der Waals surface area contributed by atoms with Crippen LogP contribution in [0.3, 0.4) is 0 Å². The summed E-state index contributed by atoms with van der Waals surface area (Å²) in [5.74, 6) is 0.205. The minimum absolute atomic E-state index is 0.283. The van der Waals surface area contributed by atoms with Crippen LogP contribution >= 0.6 is 0 Å². The highest BCUT2D eigenvalue weighted by Crippen LogP contribution is 2.27. The Morgan fingerprint density at radius 3 is 2.09 bits per heavy atom. The van der Waals surface area contributed by atoms with Crippen molar-refractivity contribution in [3.8, 4) is 17.2 Å². The quantitative estimate of drug-likeness (QED) is 0.0466. The second-order valence-electron chi connectivity index (χ2n) is 11.2. The van der Waals surface area contributed by atoms with Gasteiger partial charge in [-0.3, -0.25) is 0 Å². The van der Waals surface area contributed by atoms with Gasteiger partial charge >= 0.3 is 17.9 Å². The number of hydrogen-bond donors (Lipinski definition) is 1. The fraction of sp³-hybridized carbons (Fsp3) is 0.263. The monoisotopic (exact) mass is 621 g/mol. The first-order chi connectivity index (χ1) is 22.2. The molecule has 8 nitrogen and oxygen atoms in total. The lowest BCUT2D eigenvalue weighted by Crippen LogP contribution is -2.12. The van der Waals surface area contributed by atoms with Crippen LogP contribution in [0.2, 0.25) is 0 Å². The van der Waals surface area contributed by atoms with Gasteiger partial charge in [0.25, 0.3) is 0 Å². The molecule has 1 N–H and O–H groups in total. The van der Waals surface area contributed by atoms with E-state index in [1.807, 2.05) is 36.4 Å². The normalized spacial score (nSPS) is 10.8. The van der Waals surface area contributed by atoms with E-state index in [1.54, 1.807) is 43.3 Å². The van der Waals surface area contributed by atoms with Crippen LogP contribution in [0, 0.1) is 12.3 Å². The van der Waals surface area contributed by atoms with Gasteiger partial charge in [0.1, 0.15) is 17.2 Å². The van der Waals surface area contributed by atoms with Gasteiger partial charge in [0.2, 0.25) is 0 Å². The van der Waals surface area contributed by atoms with Crippen molar-refractivity contribution in [3.63, 3.8) is 0 Å². The fourth-order valence-corrected chi connectivity index (χ4v) is 4.76. The number of carbonyl (C=O) groups excluding carboxylic acids is 3. The molecule has 4 aromatic carbocycles. The Labute approximate surface area is 269 Å². The van der Waals surface area contributed by atoms with Crippen LogP contribution in [0.4, 0.5) is 0 Å². The first kappa shape index (κ1) is 33.6. The molecule has 0 bridgehead atoms. The molecule has 0 radical (unpaired) electrons. The molecule has 4 aromatic rings. The van der Waals surface area contributed by atoms with E-state index >= 15 is 0 Å². The maximum Gasteiger partial charge on any atom is 0.343 e. The molecule has 238 valence electrons. The van der Waals surface area contributed by atoms with E-state index in [2.05, 4.69) is 20.4 Å². The van der Waals surface area contributed by atoms with Crippen molar-refractivity contribution in [2.75, 3.05) is 13.2 Å². The number of fused-ring (bicyclic) bond motifs is 1. The van der Waals surface area contributed by atoms with Gasteiger partial charge in [-0.05, 0) is 115 Å². The van der Waals surface area contributed by atoms with Gasteiger partial charge in [0.05, 0.1) is 24.3 Å². The highest BCUT2D eigenvalue weighted by atomic mass is 16.5. The predicted molar refractivity (Wildman–Crippen MR) is 179 cm³/mol. The van der Waals surface area contributed by atoms with Crippen molar-refractivity contribution in [1.29, 1.82) is 5.41 Å². The van der Waals surface area contributed by atoms with Crippen molar-refractivity contribution in [3.05, 3.63) is 113 Å². The Kier molecular flexibility index (Phi) is 11.8. The highest BCUT2D eigenvalue weighted by Gasteiger charge is 2.16. The van der Waals surface area contributed by atoms with Crippen LogP contribution in [-0.2, 0) is 9.53 Å². The van der Waals surface area contributed by atoms with Crippen molar-refractivity contribution in [2.24, 2.45) is 0 Å². The maximum atomic E-state index is 13.0. The molecule has 0 aromatic heterocycles. The van der Waals surface area contributed by atoms with E-state index in [0.717, 1.165) is 53.8 Å². The Bertz CT molecular complexity index is 1740. The number of hydrogen-bond acceptors (Lipinski definition) is 8. The smallest absolute Gasteiger partial charge is 0.343 e. The number of esters is 3. The van der Waals surface area contributed by atoms with E-state index in [-0.39, 0.29) is 5.92 Å². The Morgan fingerprint density at radius 2 is 1.39 bits per heavy atom. The van der Waals surface area contributed by atoms with Crippen LogP contribution in [0.5, 0.6) is 17.2 Å². The summed E-state index contributed by atoms with van der Waals surface area (Å²) in [6, 6.07) is 21.2. The maximum absolute atomic E-state index is 13.0. The van der Waals surface area contributed by atoms with Crippen LogP contribution in [0.1, 0.15) is 82.9 Å². The minimum Gasteiger partial charge on any atom is -0.494 e. The molecule has 0 heterocycles. The van der Waals surface area contributed by atoms with Crippen molar-refractivity contribution in [1.82, 2.24) is 0 Å². The average molecular weight is 622 g/mol. The molecule has 0 saturated carbocycles. The highest BCUT2D eigenvalue weighted by molar-refractivity contribution is 5.97. The molecule has 0 aliphatic rings. The van der Waals surface area contributed by atoms with Gasteiger partial charge in [0, 0.05) is 17.9 Å². The molecule has 0 spiro atoms. The van der Waals surface area contributed by atoms with E-state index < -0.39 is 17.9 Å². The van der Waals surface area contributed by atoms with Gasteiger partial charge in [-0.25, -0.2) is 14.4 Å². The van der Waals surface area contributed by atoms with Crippen LogP contribution in [-0.4, -0.2) is 37.3 Å². The van der Waals surface area contributed by atoms with Crippen molar-refractivity contribution in [2.45, 2.75) is 52.4 Å². The van der Waals surface area contributed by atoms with Gasteiger partial charge in [0.15, 0.2) is 0 Å². The number of nitrogens with one attached hydrogen (secondary N) is 1. The lowest BCUT2D eigenvalue weighted by atomic mass is 10.0. The summed E-state index contributed by atoms with van der Waals surface area (Å²) in [5, 5.41) is 9.51. The van der Waals surface area contributed by atoms with Gasteiger partial charge in [-0.15, -0.1) is 0 Å². The Hall–Kier alpha value is -5.24. The summed E-state index contributed by atoms with van der Waals surface area (Å²) in [6.45, 7) is 10.2. The SMILES string of the molecule is C=CC(=O)OCCCCCCOc1ccc2cc(C(=O)Oc3ccc(C(=O)Oc4ccc(C(C)C)cc4C=N)cc3C)ccc2c1. The molecular weight excluding hydrogens is 582 g/mol. The van der Waals surface area contributed by atoms with Gasteiger partial charge < -0.3 is 24.4 Å². The lowest BCUT2D eigenvalue weighted by molar-refractivity contribution is -0.137. The van der Waals surface area contributed by atoms with Crippen LogP contribution in [0.15, 0.2) is 85.5 Å². The van der Waals surface area contributed by atoms with Crippen molar-refractivity contribution < 1.29 is 33.3 Å². The second kappa shape index (κ2) is 16.2. The molecule has 0 aliphatic heterocycles. The number of ether oxygens (including phenoxy) is 4. The van der Waals surface area contributed by atoms with Crippen molar-refractivity contribution >= 4 is 34.9 Å². The van der Waals surface area contributed by atoms with E-state index in [0.29, 0.717) is 47.0 Å². The summed E-state index contributed by atoms with van der Waals surface area (Å²) in [4.78, 5) is 36.9. The van der Waals surface area contributed by atoms with Crippen LogP contribution in [0.25, 0.3) is 10.8 Å². The molecule has 8 heteroatoms. The number of unbranched alkanes of at least 4 members (excludes halogenated alkanes) is 3. The molecule has 4 rings (SSSR count). The molecule has 0 fully saturated rings. The average Bonchev–Trinajstić information content (AvgIpc) is 3.06. The standard InChI is InChI=1S/C38H39NO7/c1-5-36(40)44-19-9-7-6-8-18-43-33-15-12-28-22-31(11-10-29(28)23-33)38(42)45-34-16-14-30(20-26(34)4)37(41)46-35-17-13-27(25(2)3)21-32(35)24-39/h5,10-17,20-25,39H,1,6-9,18-19H2,2-4H3. The predicted octanol–water partition coefficient (Wildman–Crippen LogP) is 8.38. The molecule has 0 aliphatic carbocycles. The summed E-state index contributed by atoms with van der Waals surface area (Å²) in [7, 11) is 0. The first-order valence-electron chi connectivity index (χ1n) is 15.3. The number of carbonyl (C=O) groups is 3. The molecule has 0 saturated heterocycles. The zero-order valence-corrected chi connectivity index (χ0v) is 26.5. The Balaban J connectivity index is 1.31. The van der Waals surface area contributed by atoms with Gasteiger partial charge in [-0.1, -0.05) is 38.6 Å². The number of rotatable bonds is 15. The van der Waals surface area contributed by atoms with E-state index in [1.165, 1.54) is 6.21 Å². The zero-order chi connectivity index (χ0) is 33.1. The van der Waals surface area contributed by atoms with E-state index in [9.17, 15) is 14.4 Å². The molecule has 46 heavy (non-hydrogen) atoms.